The smallest absolute Gasteiger partial charge is 0.0602 e. The highest BCUT2D eigenvalue weighted by Gasteiger charge is 2.23. The molecule has 3 N–H and O–H groups in total. The number of nitrogen functional groups attached to an aromatic ring is 1. The van der Waals surface area contributed by atoms with E-state index in [1.54, 1.807) is 0 Å². The van der Waals surface area contributed by atoms with Gasteiger partial charge in [0.15, 0.2) is 0 Å². The zero-order valence-electron chi connectivity index (χ0n) is 9.60. The second kappa shape index (κ2) is 5.21. The number of nitrogens with zero attached hydrogens (tertiary/aromatic N) is 1. The first kappa shape index (κ1) is 11.3. The van der Waals surface area contributed by atoms with Gasteiger partial charge in [-0.15, -0.1) is 0 Å². The highest BCUT2D eigenvalue weighted by atomic mass is 16.3. The van der Waals surface area contributed by atoms with Crippen molar-refractivity contribution in [3.05, 3.63) is 24.3 Å². The molecule has 1 aromatic rings. The molecule has 1 heterocycles. The van der Waals surface area contributed by atoms with Crippen LogP contribution in [0.15, 0.2) is 24.3 Å². The zero-order chi connectivity index (χ0) is 11.4. The van der Waals surface area contributed by atoms with Gasteiger partial charge in [0.25, 0.3) is 0 Å². The summed E-state index contributed by atoms with van der Waals surface area (Å²) < 4.78 is 0. The molecule has 0 radical (unpaired) electrons. The molecule has 1 aromatic carbocycles. The summed E-state index contributed by atoms with van der Waals surface area (Å²) in [5, 5.41) is 9.09. The van der Waals surface area contributed by atoms with Crippen LogP contribution >= 0.6 is 0 Å². The maximum atomic E-state index is 9.09. The lowest BCUT2D eigenvalue weighted by molar-refractivity contribution is 0.262. The third-order valence-corrected chi connectivity index (χ3v) is 3.34. The maximum Gasteiger partial charge on any atom is 0.0602 e. The molecule has 16 heavy (non-hydrogen) atoms. The van der Waals surface area contributed by atoms with E-state index in [9.17, 15) is 0 Å². The summed E-state index contributed by atoms with van der Waals surface area (Å²) in [5.41, 5.74) is 7.97. The first-order chi connectivity index (χ1) is 7.83. The van der Waals surface area contributed by atoms with Gasteiger partial charge >= 0.3 is 0 Å². The molecule has 0 amide bonds. The summed E-state index contributed by atoms with van der Waals surface area (Å²) in [7, 11) is 0. The Kier molecular flexibility index (Phi) is 3.67. The van der Waals surface area contributed by atoms with Crippen molar-refractivity contribution in [1.29, 1.82) is 0 Å². The van der Waals surface area contributed by atoms with Crippen LogP contribution in [0.2, 0.25) is 0 Å². The predicted molar refractivity (Wildman–Crippen MR) is 67.5 cm³/mol. The first-order valence-corrected chi connectivity index (χ1v) is 6.05. The van der Waals surface area contributed by atoms with Crippen molar-refractivity contribution in [2.24, 2.45) is 0 Å². The number of hydrogen-bond acceptors (Lipinski definition) is 3. The first-order valence-electron chi connectivity index (χ1n) is 6.05. The Bertz CT molecular complexity index is 338. The van der Waals surface area contributed by atoms with Gasteiger partial charge in [-0.2, -0.15) is 0 Å². The van der Waals surface area contributed by atoms with Gasteiger partial charge in [0.2, 0.25) is 0 Å². The number of benzene rings is 1. The molecule has 1 fully saturated rings. The Hall–Kier alpha value is -1.22. The third-order valence-electron chi connectivity index (χ3n) is 3.34. The normalized spacial score (nSPS) is 21.1. The van der Waals surface area contributed by atoms with Crippen molar-refractivity contribution in [2.75, 3.05) is 23.8 Å². The SMILES string of the molecule is Nc1ccccc1N1CCCCC1CCO. The van der Waals surface area contributed by atoms with Crippen LogP contribution in [0.1, 0.15) is 25.7 Å². The zero-order valence-corrected chi connectivity index (χ0v) is 9.60. The summed E-state index contributed by atoms with van der Waals surface area (Å²) in [6.45, 7) is 1.31. The van der Waals surface area contributed by atoms with Crippen LogP contribution in [0.25, 0.3) is 0 Å². The number of rotatable bonds is 3. The van der Waals surface area contributed by atoms with E-state index in [1.807, 2.05) is 18.2 Å². The Morgan fingerprint density at radius 2 is 2.12 bits per heavy atom. The molecule has 1 atom stereocenters. The minimum atomic E-state index is 0.258. The van der Waals surface area contributed by atoms with E-state index in [1.165, 1.54) is 12.8 Å². The van der Waals surface area contributed by atoms with E-state index in [2.05, 4.69) is 11.0 Å². The number of piperidine rings is 1. The van der Waals surface area contributed by atoms with E-state index in [-0.39, 0.29) is 6.61 Å². The second-order valence-electron chi connectivity index (χ2n) is 4.41. The molecular formula is C13H20N2O. The van der Waals surface area contributed by atoms with Gasteiger partial charge in [-0.3, -0.25) is 0 Å². The lowest BCUT2D eigenvalue weighted by atomic mass is 9.98. The van der Waals surface area contributed by atoms with Crippen molar-refractivity contribution >= 4 is 11.4 Å². The lowest BCUT2D eigenvalue weighted by Crippen LogP contribution is -2.40. The standard InChI is InChI=1S/C13H20N2O/c14-12-6-1-2-7-13(12)15-9-4-3-5-11(15)8-10-16/h1-2,6-7,11,16H,3-5,8-10,14H2. The van der Waals surface area contributed by atoms with Crippen molar-refractivity contribution in [1.82, 2.24) is 0 Å². The number of aliphatic hydroxyl groups excluding tert-OH is 1. The second-order valence-corrected chi connectivity index (χ2v) is 4.41. The molecule has 1 aliphatic heterocycles. The van der Waals surface area contributed by atoms with Crippen molar-refractivity contribution in [2.45, 2.75) is 31.7 Å². The predicted octanol–water partition coefficient (Wildman–Crippen LogP) is 2.01. The molecule has 3 nitrogen and oxygen atoms in total. The molecule has 0 aromatic heterocycles. The Balaban J connectivity index is 2.19. The number of para-hydroxylation sites is 2. The molecule has 1 aliphatic rings. The molecular weight excluding hydrogens is 200 g/mol. The van der Waals surface area contributed by atoms with Crippen LogP contribution in [-0.4, -0.2) is 24.3 Å². The Morgan fingerprint density at radius 1 is 1.31 bits per heavy atom. The molecule has 0 bridgehead atoms. The van der Waals surface area contributed by atoms with Crippen molar-refractivity contribution in [3.8, 4) is 0 Å². The molecule has 1 unspecified atom stereocenters. The van der Waals surface area contributed by atoms with Crippen LogP contribution in [0.4, 0.5) is 11.4 Å². The largest absolute Gasteiger partial charge is 0.397 e. The molecule has 3 heteroatoms. The van der Waals surface area contributed by atoms with Gasteiger partial charge in [-0.1, -0.05) is 12.1 Å². The van der Waals surface area contributed by atoms with Crippen molar-refractivity contribution in [3.63, 3.8) is 0 Å². The van der Waals surface area contributed by atoms with Gasteiger partial charge in [-0.05, 0) is 37.8 Å². The van der Waals surface area contributed by atoms with E-state index in [0.717, 1.165) is 30.8 Å². The van der Waals surface area contributed by atoms with Gasteiger partial charge in [0, 0.05) is 19.2 Å². The average Bonchev–Trinajstić information content (AvgIpc) is 2.31. The summed E-state index contributed by atoms with van der Waals surface area (Å²) in [5.74, 6) is 0. The Labute approximate surface area is 96.9 Å². The number of anilines is 2. The quantitative estimate of drug-likeness (QED) is 0.766. The topological polar surface area (TPSA) is 49.5 Å². The van der Waals surface area contributed by atoms with Crippen LogP contribution in [0.3, 0.4) is 0 Å². The van der Waals surface area contributed by atoms with E-state index in [0.29, 0.717) is 6.04 Å². The monoisotopic (exact) mass is 220 g/mol. The fourth-order valence-electron chi connectivity index (χ4n) is 2.52. The molecule has 2 rings (SSSR count). The van der Waals surface area contributed by atoms with Crippen molar-refractivity contribution < 1.29 is 5.11 Å². The maximum absolute atomic E-state index is 9.09. The lowest BCUT2D eigenvalue weighted by Gasteiger charge is -2.38. The fourth-order valence-corrected chi connectivity index (χ4v) is 2.52. The number of nitrogens with two attached hydrogens (primary N) is 1. The summed E-state index contributed by atoms with van der Waals surface area (Å²) in [4.78, 5) is 2.36. The van der Waals surface area contributed by atoms with Crippen LogP contribution in [-0.2, 0) is 0 Å². The average molecular weight is 220 g/mol. The van der Waals surface area contributed by atoms with Crippen LogP contribution in [0, 0.1) is 0 Å². The number of hydrogen-bond donors (Lipinski definition) is 2. The van der Waals surface area contributed by atoms with Crippen LogP contribution < -0.4 is 10.6 Å². The van der Waals surface area contributed by atoms with Gasteiger partial charge < -0.3 is 15.7 Å². The summed E-state index contributed by atoms with van der Waals surface area (Å²) in [6.07, 6.45) is 4.48. The summed E-state index contributed by atoms with van der Waals surface area (Å²) in [6, 6.07) is 8.45. The van der Waals surface area contributed by atoms with Gasteiger partial charge in [0.1, 0.15) is 0 Å². The van der Waals surface area contributed by atoms with E-state index < -0.39 is 0 Å². The minimum Gasteiger partial charge on any atom is -0.397 e. The van der Waals surface area contributed by atoms with Gasteiger partial charge in [-0.25, -0.2) is 0 Å². The minimum absolute atomic E-state index is 0.258. The molecule has 88 valence electrons. The molecule has 1 saturated heterocycles. The van der Waals surface area contributed by atoms with Crippen LogP contribution in [0.5, 0.6) is 0 Å². The molecule has 0 aliphatic carbocycles. The highest BCUT2D eigenvalue weighted by Crippen LogP contribution is 2.30. The third kappa shape index (κ3) is 2.30. The van der Waals surface area contributed by atoms with E-state index in [4.69, 9.17) is 10.8 Å². The fraction of sp³-hybridized carbons (Fsp3) is 0.538. The Morgan fingerprint density at radius 3 is 2.88 bits per heavy atom. The van der Waals surface area contributed by atoms with Gasteiger partial charge in [0.05, 0.1) is 11.4 Å². The highest BCUT2D eigenvalue weighted by molar-refractivity contribution is 5.67. The molecule has 0 spiro atoms. The number of aliphatic hydroxyl groups is 1. The molecule has 0 saturated carbocycles. The summed E-state index contributed by atoms with van der Waals surface area (Å²) >= 11 is 0. The van der Waals surface area contributed by atoms with E-state index >= 15 is 0 Å².